The number of carbonyl (C=O) groups excluding carboxylic acids is 2. The standard InChI is InChI=1S/C25H31N3O3/c1-14-4-6-21(7-5-14)28-16(3)24(15(2)27-28)26-22(29)13-31-25(30)23-19-9-17-8-18(11-19)12-20(23)10-17/h4-7,17-20,23H,8-13H2,1-3H3,(H,26,29). The highest BCUT2D eigenvalue weighted by Gasteiger charge is 2.51. The molecule has 31 heavy (non-hydrogen) atoms. The number of esters is 1. The SMILES string of the molecule is Cc1ccc(-n2nc(C)c(NC(=O)COC(=O)C3C4CC5CC(C4)CC3C5)c2C)cc1. The van der Waals surface area contributed by atoms with Crippen molar-refractivity contribution in [3.63, 3.8) is 0 Å². The Morgan fingerprint density at radius 1 is 1.00 bits per heavy atom. The van der Waals surface area contributed by atoms with Crippen molar-refractivity contribution < 1.29 is 14.3 Å². The van der Waals surface area contributed by atoms with E-state index >= 15 is 0 Å². The Balaban J connectivity index is 1.21. The lowest BCUT2D eigenvalue weighted by atomic mass is 9.52. The molecule has 0 radical (unpaired) electrons. The highest BCUT2D eigenvalue weighted by Crippen LogP contribution is 2.56. The topological polar surface area (TPSA) is 73.2 Å². The van der Waals surface area contributed by atoms with E-state index in [9.17, 15) is 9.59 Å². The van der Waals surface area contributed by atoms with E-state index in [4.69, 9.17) is 4.74 Å². The van der Waals surface area contributed by atoms with Gasteiger partial charge < -0.3 is 10.1 Å². The molecule has 6 heteroatoms. The van der Waals surface area contributed by atoms with Gasteiger partial charge in [-0.25, -0.2) is 4.68 Å². The van der Waals surface area contributed by atoms with E-state index in [2.05, 4.69) is 10.4 Å². The summed E-state index contributed by atoms with van der Waals surface area (Å²) in [6.45, 7) is 5.60. The molecule has 1 aromatic heterocycles. The van der Waals surface area contributed by atoms with Crippen molar-refractivity contribution in [1.29, 1.82) is 0 Å². The van der Waals surface area contributed by atoms with Crippen molar-refractivity contribution >= 4 is 17.6 Å². The molecule has 1 N–H and O–H groups in total. The monoisotopic (exact) mass is 421 g/mol. The first kappa shape index (κ1) is 20.3. The van der Waals surface area contributed by atoms with Crippen LogP contribution < -0.4 is 5.32 Å². The van der Waals surface area contributed by atoms with Gasteiger partial charge >= 0.3 is 5.97 Å². The molecule has 4 aliphatic carbocycles. The van der Waals surface area contributed by atoms with Gasteiger partial charge in [-0.3, -0.25) is 9.59 Å². The molecule has 0 spiro atoms. The molecule has 0 unspecified atom stereocenters. The van der Waals surface area contributed by atoms with Crippen molar-refractivity contribution in [2.75, 3.05) is 11.9 Å². The summed E-state index contributed by atoms with van der Waals surface area (Å²) in [5, 5.41) is 7.48. The van der Waals surface area contributed by atoms with Crippen molar-refractivity contribution in [1.82, 2.24) is 9.78 Å². The number of nitrogens with zero attached hydrogens (tertiary/aromatic N) is 2. The molecular weight excluding hydrogens is 390 g/mol. The summed E-state index contributed by atoms with van der Waals surface area (Å²) in [6.07, 6.45) is 6.00. The highest BCUT2D eigenvalue weighted by atomic mass is 16.5. The van der Waals surface area contributed by atoms with Crippen LogP contribution in [-0.2, 0) is 14.3 Å². The van der Waals surface area contributed by atoms with Crippen LogP contribution >= 0.6 is 0 Å². The first-order chi connectivity index (χ1) is 14.9. The van der Waals surface area contributed by atoms with E-state index in [1.807, 2.05) is 49.7 Å². The Morgan fingerprint density at radius 3 is 2.23 bits per heavy atom. The molecule has 0 saturated heterocycles. The fraction of sp³-hybridized carbons (Fsp3) is 0.560. The Morgan fingerprint density at radius 2 is 1.61 bits per heavy atom. The molecule has 0 aliphatic heterocycles. The number of hydrogen-bond donors (Lipinski definition) is 1. The summed E-state index contributed by atoms with van der Waals surface area (Å²) in [7, 11) is 0. The predicted molar refractivity (Wildman–Crippen MR) is 118 cm³/mol. The number of hydrogen-bond acceptors (Lipinski definition) is 4. The second-order valence-electron chi connectivity index (χ2n) is 9.91. The summed E-state index contributed by atoms with van der Waals surface area (Å²) in [5.74, 6) is 2.05. The number of benzene rings is 1. The number of aromatic nitrogens is 2. The first-order valence-corrected chi connectivity index (χ1v) is 11.5. The minimum Gasteiger partial charge on any atom is -0.455 e. The van der Waals surface area contributed by atoms with Crippen LogP contribution in [0, 0.1) is 50.4 Å². The third-order valence-corrected chi connectivity index (χ3v) is 7.68. The van der Waals surface area contributed by atoms with Gasteiger partial charge in [0.2, 0.25) is 0 Å². The highest BCUT2D eigenvalue weighted by molar-refractivity contribution is 5.94. The van der Waals surface area contributed by atoms with Crippen molar-refractivity contribution in [2.24, 2.45) is 29.6 Å². The number of carbonyl (C=O) groups is 2. The van der Waals surface area contributed by atoms with E-state index in [0.29, 0.717) is 17.5 Å². The van der Waals surface area contributed by atoms with Gasteiger partial charge in [-0.1, -0.05) is 17.7 Å². The number of anilines is 1. The summed E-state index contributed by atoms with van der Waals surface area (Å²) < 4.78 is 7.33. The van der Waals surface area contributed by atoms with Crippen LogP contribution in [0.25, 0.3) is 5.69 Å². The maximum Gasteiger partial charge on any atom is 0.310 e. The van der Waals surface area contributed by atoms with Crippen LogP contribution in [0.5, 0.6) is 0 Å². The molecule has 6 nitrogen and oxygen atoms in total. The summed E-state index contributed by atoms with van der Waals surface area (Å²) in [5.41, 5.74) is 4.39. The number of aryl methyl sites for hydroxylation is 2. The van der Waals surface area contributed by atoms with E-state index in [0.717, 1.165) is 54.6 Å². The minimum absolute atomic E-state index is 0.00615. The molecule has 4 aliphatic rings. The van der Waals surface area contributed by atoms with Crippen molar-refractivity contribution in [2.45, 2.75) is 52.9 Å². The molecule has 164 valence electrons. The van der Waals surface area contributed by atoms with Crippen LogP contribution in [0.4, 0.5) is 5.69 Å². The molecular formula is C25H31N3O3. The molecule has 4 bridgehead atoms. The molecule has 4 fully saturated rings. The lowest BCUT2D eigenvalue weighted by molar-refractivity contribution is -0.164. The number of ether oxygens (including phenoxy) is 1. The van der Waals surface area contributed by atoms with Crippen molar-refractivity contribution in [3.05, 3.63) is 41.2 Å². The smallest absolute Gasteiger partial charge is 0.310 e. The Labute approximate surface area is 183 Å². The number of amides is 1. The second-order valence-corrected chi connectivity index (χ2v) is 9.91. The summed E-state index contributed by atoms with van der Waals surface area (Å²) in [6, 6.07) is 8.08. The molecule has 2 aromatic rings. The maximum absolute atomic E-state index is 12.8. The Hall–Kier alpha value is -2.63. The Kier molecular flexibility index (Phi) is 5.11. The predicted octanol–water partition coefficient (Wildman–Crippen LogP) is 4.35. The van der Waals surface area contributed by atoms with Crippen LogP contribution in [0.15, 0.2) is 24.3 Å². The fourth-order valence-corrected chi connectivity index (χ4v) is 6.48. The molecule has 1 amide bonds. The molecule has 0 atom stereocenters. The third kappa shape index (κ3) is 3.77. The average Bonchev–Trinajstić information content (AvgIpc) is 3.00. The zero-order chi connectivity index (χ0) is 21.7. The first-order valence-electron chi connectivity index (χ1n) is 11.5. The molecule has 1 aromatic carbocycles. The van der Waals surface area contributed by atoms with Gasteiger partial charge in [0.25, 0.3) is 5.91 Å². The number of nitrogens with one attached hydrogen (secondary N) is 1. The lowest BCUT2D eigenvalue weighted by Crippen LogP contribution is -2.48. The molecule has 6 rings (SSSR count). The lowest BCUT2D eigenvalue weighted by Gasteiger charge is -2.53. The second kappa shape index (κ2) is 7.81. The molecule has 4 saturated carbocycles. The van der Waals surface area contributed by atoms with E-state index in [1.165, 1.54) is 12.0 Å². The van der Waals surface area contributed by atoms with Gasteiger partial charge in [-0.2, -0.15) is 5.10 Å². The number of rotatable bonds is 5. The van der Waals surface area contributed by atoms with E-state index in [-0.39, 0.29) is 24.4 Å². The largest absolute Gasteiger partial charge is 0.455 e. The zero-order valence-electron chi connectivity index (χ0n) is 18.6. The Bertz CT molecular complexity index is 980. The fourth-order valence-electron chi connectivity index (χ4n) is 6.48. The van der Waals surface area contributed by atoms with E-state index < -0.39 is 0 Å². The quantitative estimate of drug-likeness (QED) is 0.729. The van der Waals surface area contributed by atoms with E-state index in [1.54, 1.807) is 0 Å². The minimum atomic E-state index is -0.313. The third-order valence-electron chi connectivity index (χ3n) is 7.68. The summed E-state index contributed by atoms with van der Waals surface area (Å²) in [4.78, 5) is 25.4. The normalized spacial score (nSPS) is 28.5. The van der Waals surface area contributed by atoms with Gasteiger partial charge in [0.05, 0.1) is 28.7 Å². The zero-order valence-corrected chi connectivity index (χ0v) is 18.6. The van der Waals surface area contributed by atoms with Crippen molar-refractivity contribution in [3.8, 4) is 5.69 Å². The van der Waals surface area contributed by atoms with Gasteiger partial charge in [0, 0.05) is 0 Å². The maximum atomic E-state index is 12.8. The van der Waals surface area contributed by atoms with Gasteiger partial charge in [-0.15, -0.1) is 0 Å². The van der Waals surface area contributed by atoms with Gasteiger partial charge in [-0.05, 0) is 88.7 Å². The summed E-state index contributed by atoms with van der Waals surface area (Å²) >= 11 is 0. The van der Waals surface area contributed by atoms with Crippen LogP contribution in [0.3, 0.4) is 0 Å². The molecule has 1 heterocycles. The van der Waals surface area contributed by atoms with Crippen LogP contribution in [-0.4, -0.2) is 28.3 Å². The van der Waals surface area contributed by atoms with Crippen LogP contribution in [0.2, 0.25) is 0 Å². The van der Waals surface area contributed by atoms with Gasteiger partial charge in [0.1, 0.15) is 0 Å². The van der Waals surface area contributed by atoms with Crippen LogP contribution in [0.1, 0.15) is 49.1 Å². The average molecular weight is 422 g/mol. The van der Waals surface area contributed by atoms with Gasteiger partial charge in [0.15, 0.2) is 6.61 Å².